The fraction of sp³-hybridized carbons (Fsp3) is 0.625. The van der Waals surface area contributed by atoms with Gasteiger partial charge in [0.15, 0.2) is 0 Å². The maximum Gasteiger partial charge on any atom is 0.354 e. The normalized spacial score (nSPS) is 22.8. The van der Waals surface area contributed by atoms with Crippen molar-refractivity contribution >= 4 is 35.5 Å². The van der Waals surface area contributed by atoms with Gasteiger partial charge in [0.1, 0.15) is 23.7 Å². The Morgan fingerprint density at radius 3 is 2.48 bits per heavy atom. The molecule has 0 bridgehead atoms. The number of ether oxygens (including phenoxy) is 2. The van der Waals surface area contributed by atoms with Crippen LogP contribution in [0, 0.1) is 5.41 Å². The van der Waals surface area contributed by atoms with Crippen LogP contribution in [0.25, 0.3) is 0 Å². The second-order valence-electron chi connectivity index (χ2n) is 6.83. The van der Waals surface area contributed by atoms with Gasteiger partial charge < -0.3 is 14.8 Å². The lowest BCUT2D eigenvalue weighted by Gasteiger charge is -2.50. The van der Waals surface area contributed by atoms with Crippen LogP contribution in [0.1, 0.15) is 27.7 Å². The lowest BCUT2D eigenvalue weighted by atomic mass is 9.94. The van der Waals surface area contributed by atoms with Gasteiger partial charge in [-0.3, -0.25) is 19.3 Å². The number of hydrogen-bond acceptors (Lipinski definition) is 7. The molecule has 0 aromatic heterocycles. The van der Waals surface area contributed by atoms with Crippen LogP contribution in [-0.2, 0) is 28.7 Å². The molecule has 2 amide bonds. The Bertz CT molecular complexity index is 652. The first kappa shape index (κ1) is 19.3. The van der Waals surface area contributed by atoms with Crippen LogP contribution in [0.15, 0.2) is 11.3 Å². The standard InChI is InChI=1S/C16H22N2O6S/c1-8(19)24-6-9-7-25-13-10(17-15(22)16(2,3)4)12(20)18(13)11(9)14(21)23-5/h10,13H,6-7H2,1-5H3,(H,17,22)/t10?,13-/m1/s1. The SMILES string of the molecule is COC(=O)C1=C(COC(C)=O)CS[C@@H]2C(NC(=O)C(C)(C)C)C(=O)N12. The molecule has 2 aliphatic rings. The average molecular weight is 370 g/mol. The number of β-lactam (4-membered cyclic amide) rings is 1. The molecule has 138 valence electrons. The number of rotatable bonds is 4. The molecule has 1 unspecified atom stereocenters. The summed E-state index contributed by atoms with van der Waals surface area (Å²) in [6.07, 6.45) is 0. The van der Waals surface area contributed by atoms with Crippen molar-refractivity contribution in [1.82, 2.24) is 10.2 Å². The van der Waals surface area contributed by atoms with Crippen molar-refractivity contribution in [2.45, 2.75) is 39.1 Å². The molecular weight excluding hydrogens is 348 g/mol. The van der Waals surface area contributed by atoms with Gasteiger partial charge in [0.05, 0.1) is 7.11 Å². The zero-order chi connectivity index (χ0) is 18.9. The molecule has 1 fully saturated rings. The van der Waals surface area contributed by atoms with E-state index < -0.39 is 23.4 Å². The summed E-state index contributed by atoms with van der Waals surface area (Å²) in [5, 5.41) is 2.36. The Kier molecular flexibility index (Phi) is 5.46. The molecule has 8 nitrogen and oxygen atoms in total. The monoisotopic (exact) mass is 370 g/mol. The minimum atomic E-state index is -0.688. The lowest BCUT2D eigenvalue weighted by Crippen LogP contribution is -2.71. The third-order valence-electron chi connectivity index (χ3n) is 3.84. The predicted octanol–water partition coefficient (Wildman–Crippen LogP) is 0.423. The number of thioether (sulfide) groups is 1. The molecule has 0 aromatic rings. The number of carbonyl (C=O) groups excluding carboxylic acids is 4. The first-order chi connectivity index (χ1) is 11.6. The van der Waals surface area contributed by atoms with Gasteiger partial charge in [0, 0.05) is 23.7 Å². The highest BCUT2D eigenvalue weighted by Gasteiger charge is 2.54. The van der Waals surface area contributed by atoms with E-state index in [9.17, 15) is 19.2 Å². The molecule has 9 heteroatoms. The van der Waals surface area contributed by atoms with E-state index in [1.165, 1.54) is 30.7 Å². The quantitative estimate of drug-likeness (QED) is 0.565. The number of methoxy groups -OCH3 is 1. The lowest BCUT2D eigenvalue weighted by molar-refractivity contribution is -0.152. The van der Waals surface area contributed by atoms with Crippen molar-refractivity contribution in [1.29, 1.82) is 0 Å². The molecular formula is C16H22N2O6S. The molecule has 0 radical (unpaired) electrons. The highest BCUT2D eigenvalue weighted by molar-refractivity contribution is 8.00. The van der Waals surface area contributed by atoms with Crippen LogP contribution in [0.3, 0.4) is 0 Å². The van der Waals surface area contributed by atoms with E-state index in [0.717, 1.165) is 0 Å². The van der Waals surface area contributed by atoms with Gasteiger partial charge in [-0.05, 0) is 0 Å². The van der Waals surface area contributed by atoms with Gasteiger partial charge in [0.25, 0.3) is 5.91 Å². The van der Waals surface area contributed by atoms with Crippen LogP contribution in [-0.4, -0.2) is 59.5 Å². The van der Waals surface area contributed by atoms with Crippen LogP contribution >= 0.6 is 11.8 Å². The van der Waals surface area contributed by atoms with Crippen LogP contribution < -0.4 is 5.32 Å². The summed E-state index contributed by atoms with van der Waals surface area (Å²) in [6, 6.07) is -0.688. The number of nitrogens with zero attached hydrogens (tertiary/aromatic N) is 1. The van der Waals surface area contributed by atoms with E-state index in [4.69, 9.17) is 9.47 Å². The van der Waals surface area contributed by atoms with Gasteiger partial charge in [-0.25, -0.2) is 4.79 Å². The van der Waals surface area contributed by atoms with E-state index in [1.807, 2.05) is 0 Å². The Hall–Kier alpha value is -2.03. The number of carbonyl (C=O) groups is 4. The van der Waals surface area contributed by atoms with E-state index >= 15 is 0 Å². The average Bonchev–Trinajstić information content (AvgIpc) is 2.54. The van der Waals surface area contributed by atoms with E-state index in [0.29, 0.717) is 11.3 Å². The summed E-state index contributed by atoms with van der Waals surface area (Å²) in [5.74, 6) is -1.36. The van der Waals surface area contributed by atoms with Gasteiger partial charge in [-0.1, -0.05) is 20.8 Å². The van der Waals surface area contributed by atoms with Crippen LogP contribution in [0.5, 0.6) is 0 Å². The smallest absolute Gasteiger partial charge is 0.354 e. The summed E-state index contributed by atoms with van der Waals surface area (Å²) in [4.78, 5) is 49.1. The first-order valence-corrected chi connectivity index (χ1v) is 8.82. The Morgan fingerprint density at radius 2 is 1.96 bits per heavy atom. The van der Waals surface area contributed by atoms with Crippen LogP contribution in [0.4, 0.5) is 0 Å². The Balaban J connectivity index is 2.22. The maximum atomic E-state index is 12.5. The highest BCUT2D eigenvalue weighted by Crippen LogP contribution is 2.41. The highest BCUT2D eigenvalue weighted by atomic mass is 32.2. The fourth-order valence-electron chi connectivity index (χ4n) is 2.43. The number of hydrogen-bond donors (Lipinski definition) is 1. The van der Waals surface area contributed by atoms with Crippen molar-refractivity contribution in [3.63, 3.8) is 0 Å². The summed E-state index contributed by atoms with van der Waals surface area (Å²) in [5.41, 5.74) is -0.0161. The molecule has 2 rings (SSSR count). The third kappa shape index (κ3) is 3.81. The minimum absolute atomic E-state index is 0.0811. The van der Waals surface area contributed by atoms with Crippen molar-refractivity contribution in [3.05, 3.63) is 11.3 Å². The Morgan fingerprint density at radius 1 is 1.32 bits per heavy atom. The first-order valence-electron chi connectivity index (χ1n) is 7.77. The zero-order valence-electron chi connectivity index (χ0n) is 14.9. The fourth-order valence-corrected chi connectivity index (χ4v) is 3.75. The van der Waals surface area contributed by atoms with E-state index in [2.05, 4.69) is 5.32 Å². The molecule has 1 saturated heterocycles. The molecule has 0 saturated carbocycles. The van der Waals surface area contributed by atoms with E-state index in [1.54, 1.807) is 20.8 Å². The number of nitrogens with one attached hydrogen (secondary N) is 1. The number of esters is 2. The molecule has 25 heavy (non-hydrogen) atoms. The van der Waals surface area contributed by atoms with Crippen molar-refractivity contribution < 1.29 is 28.7 Å². The van der Waals surface area contributed by atoms with E-state index in [-0.39, 0.29) is 29.5 Å². The molecule has 0 spiro atoms. The third-order valence-corrected chi connectivity index (χ3v) is 5.18. The number of amides is 2. The largest absolute Gasteiger partial charge is 0.464 e. The molecule has 1 N–H and O–H groups in total. The van der Waals surface area contributed by atoms with Crippen LogP contribution in [0.2, 0.25) is 0 Å². The molecule has 0 aliphatic carbocycles. The van der Waals surface area contributed by atoms with Gasteiger partial charge >= 0.3 is 11.9 Å². The maximum absolute atomic E-state index is 12.5. The van der Waals surface area contributed by atoms with Crippen molar-refractivity contribution in [2.24, 2.45) is 5.41 Å². The van der Waals surface area contributed by atoms with Gasteiger partial charge in [-0.2, -0.15) is 0 Å². The molecule has 2 aliphatic heterocycles. The summed E-state index contributed by atoms with van der Waals surface area (Å²) < 4.78 is 9.73. The van der Waals surface area contributed by atoms with Crippen molar-refractivity contribution in [3.8, 4) is 0 Å². The molecule has 2 heterocycles. The second-order valence-corrected chi connectivity index (χ2v) is 7.94. The van der Waals surface area contributed by atoms with Crippen molar-refractivity contribution in [2.75, 3.05) is 19.5 Å². The van der Waals surface area contributed by atoms with Gasteiger partial charge in [-0.15, -0.1) is 11.8 Å². The summed E-state index contributed by atoms with van der Waals surface area (Å²) >= 11 is 1.40. The summed E-state index contributed by atoms with van der Waals surface area (Å²) in [6.45, 7) is 6.46. The zero-order valence-corrected chi connectivity index (χ0v) is 15.7. The second kappa shape index (κ2) is 7.07. The topological polar surface area (TPSA) is 102 Å². The number of fused-ring (bicyclic) bond motifs is 1. The summed E-state index contributed by atoms with van der Waals surface area (Å²) in [7, 11) is 1.22. The molecule has 2 atom stereocenters. The Labute approximate surface area is 150 Å². The minimum Gasteiger partial charge on any atom is -0.464 e. The molecule has 0 aromatic carbocycles. The predicted molar refractivity (Wildman–Crippen MR) is 90.2 cm³/mol. The van der Waals surface area contributed by atoms with Gasteiger partial charge in [0.2, 0.25) is 5.91 Å².